The first kappa shape index (κ1) is 23.9. The second-order valence-electron chi connectivity index (χ2n) is 5.22. The summed E-state index contributed by atoms with van der Waals surface area (Å²) in [6, 6.07) is 0. The molecule has 15 heteroatoms. The Balaban J connectivity index is 6.65. The fraction of sp³-hybridized carbons (Fsp3) is 0.500. The molecule has 0 radical (unpaired) electrons. The molecular formula is C12H14O14P+. The van der Waals surface area contributed by atoms with Gasteiger partial charge in [0.05, 0.1) is 24.2 Å². The molecule has 0 aromatic rings. The van der Waals surface area contributed by atoms with E-state index in [1.165, 1.54) is 0 Å². The molecule has 0 aromatic heterocycles. The van der Waals surface area contributed by atoms with Crippen LogP contribution in [0.1, 0.15) is 6.42 Å². The molecule has 0 aliphatic carbocycles. The van der Waals surface area contributed by atoms with Crippen molar-refractivity contribution in [3.63, 3.8) is 0 Å². The Morgan fingerprint density at radius 1 is 0.630 bits per heavy atom. The summed E-state index contributed by atoms with van der Waals surface area (Å²) in [5.74, 6) is -23.9. The second-order valence-corrected chi connectivity index (χ2v) is 6.38. The Bertz CT molecular complexity index is 670. The van der Waals surface area contributed by atoms with Gasteiger partial charge in [-0.2, -0.15) is 4.89 Å². The number of rotatable bonds is 12. The Labute approximate surface area is 149 Å². The molecule has 6 unspecified atom stereocenters. The van der Waals surface area contributed by atoms with Crippen molar-refractivity contribution in [1.29, 1.82) is 0 Å². The van der Waals surface area contributed by atoms with Crippen molar-refractivity contribution in [1.82, 2.24) is 0 Å². The van der Waals surface area contributed by atoms with Crippen molar-refractivity contribution in [3.05, 3.63) is 0 Å². The zero-order valence-corrected chi connectivity index (χ0v) is 13.9. The van der Waals surface area contributed by atoms with Gasteiger partial charge in [-0.1, -0.05) is 0 Å². The molecule has 0 saturated carbocycles. The normalized spacial score (nSPS) is 16.9. The molecule has 27 heavy (non-hydrogen) atoms. The van der Waals surface area contributed by atoms with Gasteiger partial charge in [0, 0.05) is 0 Å². The molecule has 150 valence electrons. The minimum Gasteiger partial charge on any atom is -0.481 e. The van der Waals surface area contributed by atoms with E-state index >= 15 is 0 Å². The van der Waals surface area contributed by atoms with Gasteiger partial charge >= 0.3 is 43.8 Å². The molecule has 0 saturated heterocycles. The van der Waals surface area contributed by atoms with E-state index in [-0.39, 0.29) is 0 Å². The van der Waals surface area contributed by atoms with E-state index in [4.69, 9.17) is 20.2 Å². The number of carbonyl (C=O) groups is 6. The molecule has 0 aliphatic heterocycles. The maximum atomic E-state index is 11.5. The van der Waals surface area contributed by atoms with Crippen LogP contribution >= 0.6 is 8.03 Å². The summed E-state index contributed by atoms with van der Waals surface area (Å²) in [5.41, 5.74) is -2.79. The Morgan fingerprint density at radius 2 is 1.04 bits per heavy atom. The predicted octanol–water partition coefficient (Wildman–Crippen LogP) is -1.55. The molecule has 0 fully saturated rings. The molecule has 0 amide bonds. The first-order chi connectivity index (χ1) is 12.2. The molecule has 0 bridgehead atoms. The van der Waals surface area contributed by atoms with Gasteiger partial charge in [-0.05, 0) is 4.57 Å². The highest BCUT2D eigenvalue weighted by Gasteiger charge is 2.59. The molecule has 14 nitrogen and oxygen atoms in total. The summed E-state index contributed by atoms with van der Waals surface area (Å²) in [6.45, 7) is 0. The first-order valence-corrected chi connectivity index (χ1v) is 8.03. The van der Waals surface area contributed by atoms with E-state index in [1.54, 1.807) is 0 Å². The van der Waals surface area contributed by atoms with E-state index in [2.05, 4.69) is 0 Å². The van der Waals surface area contributed by atoms with Crippen molar-refractivity contribution in [2.75, 3.05) is 0 Å². The lowest BCUT2D eigenvalue weighted by Crippen LogP contribution is -2.49. The highest BCUT2D eigenvalue weighted by Crippen LogP contribution is 2.40. The van der Waals surface area contributed by atoms with Crippen molar-refractivity contribution in [2.24, 2.45) is 23.7 Å². The SMILES string of the molecule is O=C(O)CC(C(=O)O)C(C(=O)O)C(C(=O)O)C(C(=O)O)C(C(=O)O)[P+](=O)O. The summed E-state index contributed by atoms with van der Waals surface area (Å²) < 4.78 is 11.2. The quantitative estimate of drug-likeness (QED) is 0.179. The fourth-order valence-corrected chi connectivity index (χ4v) is 3.31. The maximum absolute atomic E-state index is 11.5. The van der Waals surface area contributed by atoms with Gasteiger partial charge in [0.25, 0.3) is 5.66 Å². The number of carboxylic acid groups (broad SMARTS) is 6. The predicted molar refractivity (Wildman–Crippen MR) is 78.0 cm³/mol. The van der Waals surface area contributed by atoms with E-state index in [0.29, 0.717) is 0 Å². The third-order valence-electron chi connectivity index (χ3n) is 3.61. The van der Waals surface area contributed by atoms with Gasteiger partial charge in [-0.15, -0.1) is 0 Å². The number of hydrogen-bond acceptors (Lipinski definition) is 7. The van der Waals surface area contributed by atoms with Gasteiger partial charge in [-0.3, -0.25) is 24.0 Å². The lowest BCUT2D eigenvalue weighted by atomic mass is 9.72. The van der Waals surface area contributed by atoms with Crippen LogP contribution in [0.15, 0.2) is 0 Å². The molecule has 0 spiro atoms. The Kier molecular flexibility index (Phi) is 8.44. The first-order valence-electron chi connectivity index (χ1n) is 6.75. The van der Waals surface area contributed by atoms with E-state index in [9.17, 15) is 48.7 Å². The highest BCUT2D eigenvalue weighted by atomic mass is 31.1. The molecule has 0 heterocycles. The lowest BCUT2D eigenvalue weighted by Gasteiger charge is -2.28. The van der Waals surface area contributed by atoms with Crippen LogP contribution in [-0.2, 0) is 33.3 Å². The minimum atomic E-state index is -3.88. The topological polar surface area (TPSA) is 261 Å². The standard InChI is InChI=1S/C12H13O14P/c13-3(14)1-2(8(15)16)4(9(17)18)5(10(19)20)6(11(21)22)7(12(23)24)27(25)26/h2,4-7H,1H2,(H6-,13,14,15,16,17,18,19,20,21,22,23,24,25,26)/p+1. The van der Waals surface area contributed by atoms with Crippen molar-refractivity contribution in [2.45, 2.75) is 12.1 Å². The largest absolute Gasteiger partial charge is 0.521 e. The molecule has 6 atom stereocenters. The Morgan fingerprint density at radius 3 is 1.26 bits per heavy atom. The molecule has 0 aromatic carbocycles. The van der Waals surface area contributed by atoms with Crippen molar-refractivity contribution in [3.8, 4) is 0 Å². The number of carboxylic acids is 6. The lowest BCUT2D eigenvalue weighted by molar-refractivity contribution is -0.170. The zero-order valence-electron chi connectivity index (χ0n) is 13.0. The van der Waals surface area contributed by atoms with Gasteiger partial charge in [0.15, 0.2) is 0 Å². The zero-order chi connectivity index (χ0) is 21.6. The van der Waals surface area contributed by atoms with Crippen LogP contribution < -0.4 is 0 Å². The van der Waals surface area contributed by atoms with E-state index in [1.807, 2.05) is 0 Å². The van der Waals surface area contributed by atoms with Gasteiger partial charge in [0.1, 0.15) is 5.92 Å². The van der Waals surface area contributed by atoms with Gasteiger partial charge in [0.2, 0.25) is 0 Å². The minimum absolute atomic E-state index is 1.43. The van der Waals surface area contributed by atoms with Crippen LogP contribution in [0.5, 0.6) is 0 Å². The van der Waals surface area contributed by atoms with Gasteiger partial charge < -0.3 is 30.6 Å². The average molecular weight is 413 g/mol. The monoisotopic (exact) mass is 413 g/mol. The second kappa shape index (κ2) is 9.54. The third-order valence-corrected chi connectivity index (χ3v) is 4.62. The van der Waals surface area contributed by atoms with Crippen LogP contribution in [0.4, 0.5) is 0 Å². The Hall–Kier alpha value is -3.12. The highest BCUT2D eigenvalue weighted by molar-refractivity contribution is 7.40. The summed E-state index contributed by atoms with van der Waals surface area (Å²) >= 11 is 0. The smallest absolute Gasteiger partial charge is 0.481 e. The van der Waals surface area contributed by atoms with Crippen LogP contribution in [0.3, 0.4) is 0 Å². The third kappa shape index (κ3) is 5.97. The maximum Gasteiger partial charge on any atom is 0.521 e. The van der Waals surface area contributed by atoms with Crippen LogP contribution in [0, 0.1) is 23.7 Å². The van der Waals surface area contributed by atoms with E-state index < -0.39 is 79.6 Å². The summed E-state index contributed by atoms with van der Waals surface area (Å²) in [7, 11) is -3.88. The van der Waals surface area contributed by atoms with Crippen LogP contribution in [0.2, 0.25) is 0 Å². The summed E-state index contributed by atoms with van der Waals surface area (Å²) in [5, 5.41) is 54.4. The summed E-state index contributed by atoms with van der Waals surface area (Å²) in [4.78, 5) is 76.6. The molecule has 0 aliphatic rings. The average Bonchev–Trinajstić information content (AvgIpc) is 2.46. The van der Waals surface area contributed by atoms with Crippen LogP contribution in [0.25, 0.3) is 0 Å². The van der Waals surface area contributed by atoms with E-state index in [0.717, 1.165) is 0 Å². The van der Waals surface area contributed by atoms with Crippen molar-refractivity contribution < 1.29 is 68.9 Å². The van der Waals surface area contributed by atoms with Gasteiger partial charge in [-0.25, -0.2) is 4.79 Å². The number of aliphatic carboxylic acids is 6. The summed E-state index contributed by atoms with van der Waals surface area (Å²) in [6.07, 6.45) is -1.43. The van der Waals surface area contributed by atoms with Crippen LogP contribution in [-0.4, -0.2) is 77.0 Å². The molecular weight excluding hydrogens is 399 g/mol. The number of hydrogen-bond donors (Lipinski definition) is 7. The van der Waals surface area contributed by atoms with Crippen molar-refractivity contribution >= 4 is 43.8 Å². The fourth-order valence-electron chi connectivity index (χ4n) is 2.53. The molecule has 7 N–H and O–H groups in total. The molecule has 0 rings (SSSR count).